The molecule has 0 amide bonds. The first kappa shape index (κ1) is 15.9. The van der Waals surface area contributed by atoms with Gasteiger partial charge >= 0.3 is 0 Å². The molecule has 0 unspecified atom stereocenters. The van der Waals surface area contributed by atoms with Crippen LogP contribution in [-0.4, -0.2) is 38.1 Å². The topological polar surface area (TPSA) is 59.7 Å². The minimum atomic E-state index is -0.515. The maximum Gasteiger partial charge on any atom is 0.183 e. The molecule has 3 aromatic rings. The van der Waals surface area contributed by atoms with Gasteiger partial charge in [-0.25, -0.2) is 23.4 Å². The molecular formula is C17H18F2N6. The van der Waals surface area contributed by atoms with Crippen molar-refractivity contribution in [3.63, 3.8) is 0 Å². The van der Waals surface area contributed by atoms with Crippen LogP contribution in [0.15, 0.2) is 24.5 Å². The minimum Gasteiger partial charge on any atom is -0.355 e. The van der Waals surface area contributed by atoms with Crippen LogP contribution in [0, 0.1) is 17.6 Å². The molecule has 25 heavy (non-hydrogen) atoms. The number of halogens is 2. The number of hydrogen-bond donors (Lipinski definition) is 0. The quantitative estimate of drug-likeness (QED) is 0.731. The fourth-order valence-electron chi connectivity index (χ4n) is 3.48. The standard InChI is InChI=1S/C17H18F2N6/c1-24-16-15(22-23-24)17(21-10-20-16)25-4-2-11(3-5-25)6-12-7-13(18)9-14(19)8-12/h7-11H,2-6H2,1H3. The Bertz CT molecular complexity index is 881. The van der Waals surface area contributed by atoms with E-state index in [2.05, 4.69) is 25.2 Å². The van der Waals surface area contributed by atoms with Gasteiger partial charge in [0.1, 0.15) is 18.0 Å². The van der Waals surface area contributed by atoms with E-state index in [9.17, 15) is 8.78 Å². The van der Waals surface area contributed by atoms with Crippen LogP contribution in [-0.2, 0) is 13.5 Å². The van der Waals surface area contributed by atoms with E-state index in [4.69, 9.17) is 0 Å². The van der Waals surface area contributed by atoms with Crippen LogP contribution >= 0.6 is 0 Å². The largest absolute Gasteiger partial charge is 0.355 e. The molecule has 6 nitrogen and oxygen atoms in total. The predicted octanol–water partition coefficient (Wildman–Crippen LogP) is 2.50. The van der Waals surface area contributed by atoms with Gasteiger partial charge in [0.25, 0.3) is 0 Å². The number of benzene rings is 1. The summed E-state index contributed by atoms with van der Waals surface area (Å²) in [5.74, 6) is 0.168. The van der Waals surface area contributed by atoms with Crippen LogP contribution in [0.25, 0.3) is 11.2 Å². The van der Waals surface area contributed by atoms with Crippen molar-refractivity contribution in [3.8, 4) is 0 Å². The molecule has 0 atom stereocenters. The van der Waals surface area contributed by atoms with Crippen LogP contribution in [0.3, 0.4) is 0 Å². The van der Waals surface area contributed by atoms with E-state index in [1.807, 2.05) is 0 Å². The monoisotopic (exact) mass is 344 g/mol. The van der Waals surface area contributed by atoms with Crippen molar-refractivity contribution in [1.29, 1.82) is 0 Å². The lowest BCUT2D eigenvalue weighted by atomic mass is 9.90. The number of aromatic nitrogens is 5. The Kier molecular flexibility index (Phi) is 4.03. The summed E-state index contributed by atoms with van der Waals surface area (Å²) < 4.78 is 28.3. The maximum atomic E-state index is 13.3. The summed E-state index contributed by atoms with van der Waals surface area (Å²) in [6.45, 7) is 1.65. The number of nitrogens with zero attached hydrogens (tertiary/aromatic N) is 6. The highest BCUT2D eigenvalue weighted by molar-refractivity contribution is 5.82. The van der Waals surface area contributed by atoms with E-state index >= 15 is 0 Å². The zero-order chi connectivity index (χ0) is 17.4. The van der Waals surface area contributed by atoms with Gasteiger partial charge in [0.15, 0.2) is 17.0 Å². The molecule has 1 aliphatic rings. The van der Waals surface area contributed by atoms with E-state index in [1.165, 1.54) is 18.5 Å². The molecular weight excluding hydrogens is 326 g/mol. The van der Waals surface area contributed by atoms with Gasteiger partial charge in [-0.2, -0.15) is 0 Å². The molecule has 1 aromatic carbocycles. The van der Waals surface area contributed by atoms with E-state index in [-0.39, 0.29) is 0 Å². The predicted molar refractivity (Wildman–Crippen MR) is 89.1 cm³/mol. The molecule has 1 fully saturated rings. The van der Waals surface area contributed by atoms with Gasteiger partial charge < -0.3 is 4.90 Å². The lowest BCUT2D eigenvalue weighted by molar-refractivity contribution is 0.401. The Morgan fingerprint density at radius 3 is 2.52 bits per heavy atom. The third-order valence-electron chi connectivity index (χ3n) is 4.73. The van der Waals surface area contributed by atoms with Crippen LogP contribution in [0.2, 0.25) is 0 Å². The van der Waals surface area contributed by atoms with Crippen molar-refractivity contribution in [1.82, 2.24) is 25.0 Å². The second kappa shape index (κ2) is 6.34. The number of fused-ring (bicyclic) bond motifs is 1. The Balaban J connectivity index is 1.46. The molecule has 130 valence electrons. The molecule has 0 N–H and O–H groups in total. The van der Waals surface area contributed by atoms with Gasteiger partial charge in [-0.3, -0.25) is 0 Å². The highest BCUT2D eigenvalue weighted by atomic mass is 19.1. The summed E-state index contributed by atoms with van der Waals surface area (Å²) in [5, 5.41) is 8.17. The SMILES string of the molecule is Cn1nnc2c(N3CCC(Cc4cc(F)cc(F)c4)CC3)ncnc21. The average molecular weight is 344 g/mol. The van der Waals surface area contributed by atoms with Crippen molar-refractivity contribution < 1.29 is 8.78 Å². The fraction of sp³-hybridized carbons (Fsp3) is 0.412. The van der Waals surface area contributed by atoms with Gasteiger partial charge in [-0.05, 0) is 42.9 Å². The molecule has 1 aliphatic heterocycles. The lowest BCUT2D eigenvalue weighted by Gasteiger charge is -2.32. The summed E-state index contributed by atoms with van der Waals surface area (Å²) in [7, 11) is 1.80. The summed E-state index contributed by atoms with van der Waals surface area (Å²) >= 11 is 0. The number of rotatable bonds is 3. The molecule has 8 heteroatoms. The van der Waals surface area contributed by atoms with Crippen LogP contribution in [0.1, 0.15) is 18.4 Å². The third kappa shape index (κ3) is 3.16. The second-order valence-corrected chi connectivity index (χ2v) is 6.49. The van der Waals surface area contributed by atoms with E-state index < -0.39 is 11.6 Å². The van der Waals surface area contributed by atoms with Gasteiger partial charge in [-0.15, -0.1) is 5.10 Å². The van der Waals surface area contributed by atoms with Crippen LogP contribution < -0.4 is 4.90 Å². The molecule has 1 saturated heterocycles. The van der Waals surface area contributed by atoms with Gasteiger partial charge in [0.2, 0.25) is 0 Å². The van der Waals surface area contributed by atoms with Crippen LogP contribution in [0.4, 0.5) is 14.6 Å². The highest BCUT2D eigenvalue weighted by Gasteiger charge is 2.23. The first-order valence-electron chi connectivity index (χ1n) is 8.30. The van der Waals surface area contributed by atoms with Crippen molar-refractivity contribution in [3.05, 3.63) is 41.7 Å². The minimum absolute atomic E-state index is 0.400. The fourth-order valence-corrected chi connectivity index (χ4v) is 3.48. The molecule has 0 spiro atoms. The van der Waals surface area contributed by atoms with Gasteiger partial charge in [-0.1, -0.05) is 5.21 Å². The molecule has 0 saturated carbocycles. The zero-order valence-corrected chi connectivity index (χ0v) is 13.9. The van der Waals surface area contributed by atoms with Gasteiger partial charge in [0, 0.05) is 26.2 Å². The van der Waals surface area contributed by atoms with Gasteiger partial charge in [0.05, 0.1) is 0 Å². The second-order valence-electron chi connectivity index (χ2n) is 6.49. The Morgan fingerprint density at radius 2 is 1.80 bits per heavy atom. The lowest BCUT2D eigenvalue weighted by Crippen LogP contribution is -2.35. The van der Waals surface area contributed by atoms with E-state index in [0.29, 0.717) is 29.1 Å². The smallest absolute Gasteiger partial charge is 0.183 e. The normalized spacial score (nSPS) is 15.9. The summed E-state index contributed by atoms with van der Waals surface area (Å²) in [5.41, 5.74) is 2.13. The molecule has 4 rings (SSSR count). The highest BCUT2D eigenvalue weighted by Crippen LogP contribution is 2.27. The van der Waals surface area contributed by atoms with Crippen molar-refractivity contribution >= 4 is 17.0 Å². The van der Waals surface area contributed by atoms with Crippen molar-refractivity contribution in [2.75, 3.05) is 18.0 Å². The molecule has 0 radical (unpaired) electrons. The Morgan fingerprint density at radius 1 is 1.08 bits per heavy atom. The van der Waals surface area contributed by atoms with E-state index in [0.717, 1.165) is 37.8 Å². The first-order valence-corrected chi connectivity index (χ1v) is 8.30. The number of piperidine rings is 1. The van der Waals surface area contributed by atoms with Crippen molar-refractivity contribution in [2.24, 2.45) is 13.0 Å². The summed E-state index contributed by atoms with van der Waals surface area (Å²) in [4.78, 5) is 10.8. The number of aryl methyl sites for hydroxylation is 1. The summed E-state index contributed by atoms with van der Waals surface area (Å²) in [6.07, 6.45) is 4.09. The molecule has 3 heterocycles. The molecule has 2 aromatic heterocycles. The Labute approximate surface area is 143 Å². The zero-order valence-electron chi connectivity index (χ0n) is 13.9. The third-order valence-corrected chi connectivity index (χ3v) is 4.73. The van der Waals surface area contributed by atoms with E-state index in [1.54, 1.807) is 11.7 Å². The maximum absolute atomic E-state index is 13.3. The first-order chi connectivity index (χ1) is 12.1. The summed E-state index contributed by atoms with van der Waals surface area (Å²) in [6, 6.07) is 3.75. The van der Waals surface area contributed by atoms with Crippen LogP contribution in [0.5, 0.6) is 0 Å². The van der Waals surface area contributed by atoms with Crippen molar-refractivity contribution in [2.45, 2.75) is 19.3 Å². The molecule has 0 aliphatic carbocycles. The number of anilines is 1. The average Bonchev–Trinajstić information content (AvgIpc) is 2.96. The number of hydrogen-bond acceptors (Lipinski definition) is 5. The Hall–Kier alpha value is -2.64. The molecule has 0 bridgehead atoms.